The maximum absolute atomic E-state index is 11.4. The van der Waals surface area contributed by atoms with Crippen molar-refractivity contribution in [3.05, 3.63) is 0 Å². The van der Waals surface area contributed by atoms with Crippen molar-refractivity contribution in [2.24, 2.45) is 0 Å². The van der Waals surface area contributed by atoms with Gasteiger partial charge in [-0.15, -0.1) is 0 Å². The van der Waals surface area contributed by atoms with E-state index in [0.717, 1.165) is 12.8 Å². The van der Waals surface area contributed by atoms with Crippen molar-refractivity contribution in [3.63, 3.8) is 0 Å². The number of carbonyl (C=O) groups excluding carboxylic acids is 1. The van der Waals surface area contributed by atoms with Gasteiger partial charge in [-0.1, -0.05) is 32.6 Å². The maximum Gasteiger partial charge on any atom is 0.220 e. The number of nitrogens with one attached hydrogen (secondary N) is 2. The highest BCUT2D eigenvalue weighted by atomic mass is 16.5. The number of hydrogen-bond donors (Lipinski definition) is 3. The lowest BCUT2D eigenvalue weighted by molar-refractivity contribution is -0.121. The van der Waals surface area contributed by atoms with Crippen LogP contribution in [-0.4, -0.2) is 23.2 Å². The van der Waals surface area contributed by atoms with Crippen LogP contribution >= 0.6 is 0 Å². The van der Waals surface area contributed by atoms with Crippen molar-refractivity contribution < 1.29 is 10.0 Å². The summed E-state index contributed by atoms with van der Waals surface area (Å²) in [6, 6.07) is 0. The van der Waals surface area contributed by atoms with E-state index in [9.17, 15) is 4.79 Å². The van der Waals surface area contributed by atoms with Crippen LogP contribution in [0.3, 0.4) is 0 Å². The van der Waals surface area contributed by atoms with Crippen LogP contribution in [0, 0.1) is 0 Å². The summed E-state index contributed by atoms with van der Waals surface area (Å²) in [4.78, 5) is 11.4. The third-order valence-electron chi connectivity index (χ3n) is 2.54. The molecule has 0 rings (SSSR count). The Bertz CT molecular complexity index is 193. The van der Waals surface area contributed by atoms with Crippen LogP contribution in [0.4, 0.5) is 0 Å². The summed E-state index contributed by atoms with van der Waals surface area (Å²) in [6.45, 7) is 6.27. The van der Waals surface area contributed by atoms with Crippen LogP contribution in [0.25, 0.3) is 0 Å². The molecule has 1 amide bonds. The Morgan fingerprint density at radius 3 is 2.38 bits per heavy atom. The van der Waals surface area contributed by atoms with Crippen LogP contribution in [-0.2, 0) is 4.79 Å². The predicted octanol–water partition coefficient (Wildman–Crippen LogP) is 2.22. The molecule has 3 N–H and O–H groups in total. The van der Waals surface area contributed by atoms with E-state index in [1.54, 1.807) is 0 Å². The van der Waals surface area contributed by atoms with Gasteiger partial charge in [-0.05, 0) is 20.3 Å². The van der Waals surface area contributed by atoms with Gasteiger partial charge >= 0.3 is 0 Å². The van der Waals surface area contributed by atoms with Gasteiger partial charge in [0.05, 0.1) is 5.54 Å². The fraction of sp³-hybridized carbons (Fsp3) is 0.917. The lowest BCUT2D eigenvalue weighted by Gasteiger charge is -2.22. The Hall–Kier alpha value is -0.610. The van der Waals surface area contributed by atoms with E-state index in [1.807, 2.05) is 13.8 Å². The molecule has 0 spiro atoms. The highest BCUT2D eigenvalue weighted by Gasteiger charge is 2.16. The van der Waals surface area contributed by atoms with Crippen molar-refractivity contribution in [1.29, 1.82) is 0 Å². The summed E-state index contributed by atoms with van der Waals surface area (Å²) in [5.41, 5.74) is 1.71. The van der Waals surface area contributed by atoms with Crippen LogP contribution in [0.2, 0.25) is 0 Å². The Kier molecular flexibility index (Phi) is 8.21. The SMILES string of the molecule is CCCCCCCC(=O)NCC(C)(C)NO. The molecule has 0 saturated carbocycles. The number of carbonyl (C=O) groups is 1. The van der Waals surface area contributed by atoms with Gasteiger partial charge in [0.25, 0.3) is 0 Å². The molecule has 0 aliphatic heterocycles. The van der Waals surface area contributed by atoms with E-state index >= 15 is 0 Å². The number of hydroxylamine groups is 1. The normalized spacial score (nSPS) is 11.5. The van der Waals surface area contributed by atoms with Gasteiger partial charge in [-0.2, -0.15) is 5.48 Å². The molecular weight excluding hydrogens is 204 g/mol. The van der Waals surface area contributed by atoms with Gasteiger partial charge in [0.2, 0.25) is 5.91 Å². The highest BCUT2D eigenvalue weighted by Crippen LogP contribution is 2.05. The van der Waals surface area contributed by atoms with Gasteiger partial charge in [-0.25, -0.2) is 0 Å². The minimum absolute atomic E-state index is 0.0693. The molecule has 0 aliphatic carbocycles. The Balaban J connectivity index is 3.45. The Morgan fingerprint density at radius 2 is 1.81 bits per heavy atom. The van der Waals surface area contributed by atoms with Crippen molar-refractivity contribution >= 4 is 5.91 Å². The number of hydrogen-bond acceptors (Lipinski definition) is 3. The fourth-order valence-corrected chi connectivity index (χ4v) is 1.34. The zero-order chi connectivity index (χ0) is 12.4. The van der Waals surface area contributed by atoms with Crippen molar-refractivity contribution in [2.75, 3.05) is 6.54 Å². The molecular formula is C12H26N2O2. The van der Waals surface area contributed by atoms with Crippen LogP contribution < -0.4 is 10.8 Å². The Morgan fingerprint density at radius 1 is 1.19 bits per heavy atom. The number of amides is 1. The van der Waals surface area contributed by atoms with E-state index in [4.69, 9.17) is 5.21 Å². The molecule has 0 aromatic carbocycles. The molecule has 0 aromatic rings. The van der Waals surface area contributed by atoms with E-state index in [2.05, 4.69) is 17.7 Å². The minimum Gasteiger partial charge on any atom is -0.354 e. The largest absolute Gasteiger partial charge is 0.354 e. The molecule has 96 valence electrons. The molecule has 0 atom stereocenters. The fourth-order valence-electron chi connectivity index (χ4n) is 1.34. The topological polar surface area (TPSA) is 61.4 Å². The molecule has 4 heteroatoms. The Labute approximate surface area is 98.8 Å². The van der Waals surface area contributed by atoms with Gasteiger partial charge in [0.1, 0.15) is 0 Å². The van der Waals surface area contributed by atoms with E-state index in [1.165, 1.54) is 19.3 Å². The first-order chi connectivity index (χ1) is 7.52. The van der Waals surface area contributed by atoms with E-state index in [0.29, 0.717) is 13.0 Å². The lowest BCUT2D eigenvalue weighted by Crippen LogP contribution is -2.47. The van der Waals surface area contributed by atoms with Gasteiger partial charge in [0, 0.05) is 13.0 Å². The standard InChI is InChI=1S/C12H26N2O2/c1-4-5-6-7-8-9-11(15)13-10-12(2,3)14-16/h14,16H,4-10H2,1-3H3,(H,13,15). The lowest BCUT2D eigenvalue weighted by atomic mass is 10.1. The van der Waals surface area contributed by atoms with Gasteiger partial charge < -0.3 is 10.5 Å². The van der Waals surface area contributed by atoms with Crippen molar-refractivity contribution in [3.8, 4) is 0 Å². The summed E-state index contributed by atoms with van der Waals surface area (Å²) < 4.78 is 0. The summed E-state index contributed by atoms with van der Waals surface area (Å²) in [5.74, 6) is 0.0693. The zero-order valence-electron chi connectivity index (χ0n) is 10.8. The number of rotatable bonds is 9. The van der Waals surface area contributed by atoms with E-state index in [-0.39, 0.29) is 5.91 Å². The molecule has 0 unspecified atom stereocenters. The smallest absolute Gasteiger partial charge is 0.220 e. The quantitative estimate of drug-likeness (QED) is 0.420. The summed E-state index contributed by atoms with van der Waals surface area (Å²) in [7, 11) is 0. The third-order valence-corrected chi connectivity index (χ3v) is 2.54. The minimum atomic E-state index is -0.460. The second-order valence-electron chi connectivity index (χ2n) is 4.94. The van der Waals surface area contributed by atoms with Gasteiger partial charge in [0.15, 0.2) is 0 Å². The average Bonchev–Trinajstić information content (AvgIpc) is 2.26. The van der Waals surface area contributed by atoms with Crippen LogP contribution in [0.15, 0.2) is 0 Å². The average molecular weight is 230 g/mol. The molecule has 0 fully saturated rings. The molecule has 0 aliphatic rings. The second kappa shape index (κ2) is 8.53. The maximum atomic E-state index is 11.4. The molecule has 0 heterocycles. The first-order valence-electron chi connectivity index (χ1n) is 6.20. The first-order valence-corrected chi connectivity index (χ1v) is 6.20. The summed E-state index contributed by atoms with van der Waals surface area (Å²) in [5, 5.41) is 11.6. The predicted molar refractivity (Wildman–Crippen MR) is 65.4 cm³/mol. The van der Waals surface area contributed by atoms with Crippen molar-refractivity contribution in [2.45, 2.75) is 64.8 Å². The van der Waals surface area contributed by atoms with Crippen LogP contribution in [0.5, 0.6) is 0 Å². The molecule has 0 aromatic heterocycles. The summed E-state index contributed by atoms with van der Waals surface area (Å²) >= 11 is 0. The van der Waals surface area contributed by atoms with E-state index < -0.39 is 5.54 Å². The molecule has 0 saturated heterocycles. The number of unbranched alkanes of at least 4 members (excludes halogenated alkanes) is 4. The second-order valence-corrected chi connectivity index (χ2v) is 4.94. The van der Waals surface area contributed by atoms with Gasteiger partial charge in [-0.3, -0.25) is 4.79 Å². The van der Waals surface area contributed by atoms with Crippen LogP contribution in [0.1, 0.15) is 59.3 Å². The first kappa shape index (κ1) is 15.4. The molecule has 4 nitrogen and oxygen atoms in total. The third kappa shape index (κ3) is 8.68. The molecule has 0 bridgehead atoms. The summed E-state index contributed by atoms with van der Waals surface area (Å²) in [6.07, 6.45) is 6.37. The molecule has 16 heavy (non-hydrogen) atoms. The monoisotopic (exact) mass is 230 g/mol. The highest BCUT2D eigenvalue weighted by molar-refractivity contribution is 5.75. The zero-order valence-corrected chi connectivity index (χ0v) is 10.8. The molecule has 0 radical (unpaired) electrons. The van der Waals surface area contributed by atoms with Crippen molar-refractivity contribution in [1.82, 2.24) is 10.8 Å².